The molecule has 4 aliphatic carbocycles. The standard InChI is InChI=1S/C26H22F3N5O/c27-26(28,29)22-8-4-16-17(31-22)6-7-19(16)34(25-11-14(12-25)13-25)24(35)15-3-5-18-21(10-15)33-9-1-2-20(33)23(30)32-18/h1-5,8-10,14,19H,6-7,11-13H2,(H2,30,32). The van der Waals surface area contributed by atoms with E-state index in [1.54, 1.807) is 12.1 Å². The lowest BCUT2D eigenvalue weighted by molar-refractivity contribution is -0.141. The minimum Gasteiger partial charge on any atom is -0.382 e. The maximum Gasteiger partial charge on any atom is 0.433 e. The summed E-state index contributed by atoms with van der Waals surface area (Å²) in [4.78, 5) is 24.4. The normalized spacial score (nSPS) is 24.8. The summed E-state index contributed by atoms with van der Waals surface area (Å²) in [6, 6.07) is 11.5. The van der Waals surface area contributed by atoms with Gasteiger partial charge in [-0.1, -0.05) is 6.07 Å². The number of nitrogens with two attached hydrogens (primary N) is 1. The SMILES string of the molecule is Nc1nc2ccc(C(=O)N(C3CCc4nc(C(F)(F)F)ccc43)C34CC(C3)C4)cc2n2cccc12. The maximum absolute atomic E-state index is 14.1. The lowest BCUT2D eigenvalue weighted by atomic mass is 9.48. The van der Waals surface area contributed by atoms with E-state index in [0.29, 0.717) is 41.4 Å². The molecular weight excluding hydrogens is 455 g/mol. The number of hydrogen-bond donors (Lipinski definition) is 1. The molecule has 0 saturated heterocycles. The molecule has 6 nitrogen and oxygen atoms in total. The van der Waals surface area contributed by atoms with Crippen molar-refractivity contribution < 1.29 is 18.0 Å². The largest absolute Gasteiger partial charge is 0.433 e. The number of amides is 1. The number of hydrogen-bond acceptors (Lipinski definition) is 4. The molecule has 35 heavy (non-hydrogen) atoms. The second-order valence-corrected chi connectivity index (χ2v) is 10.1. The highest BCUT2D eigenvalue weighted by atomic mass is 19.4. The fraction of sp³-hybridized carbons (Fsp3) is 0.346. The third kappa shape index (κ3) is 2.87. The molecule has 3 aromatic heterocycles. The fourth-order valence-electron chi connectivity index (χ4n) is 6.36. The van der Waals surface area contributed by atoms with Crippen molar-refractivity contribution in [1.82, 2.24) is 19.3 Å². The first-order valence-electron chi connectivity index (χ1n) is 11.8. The highest BCUT2D eigenvalue weighted by Crippen LogP contribution is 2.63. The Bertz CT molecular complexity index is 1520. The lowest BCUT2D eigenvalue weighted by Gasteiger charge is -2.67. The highest BCUT2D eigenvalue weighted by molar-refractivity contribution is 5.99. The first kappa shape index (κ1) is 20.7. The molecule has 0 aliphatic heterocycles. The van der Waals surface area contributed by atoms with Crippen molar-refractivity contribution >= 4 is 28.3 Å². The summed E-state index contributed by atoms with van der Waals surface area (Å²) in [5.74, 6) is 0.963. The zero-order valence-electron chi connectivity index (χ0n) is 18.7. The van der Waals surface area contributed by atoms with Crippen molar-refractivity contribution in [3.05, 3.63) is 71.2 Å². The van der Waals surface area contributed by atoms with Crippen LogP contribution in [-0.2, 0) is 12.6 Å². The van der Waals surface area contributed by atoms with E-state index in [4.69, 9.17) is 5.73 Å². The Morgan fingerprint density at radius 1 is 1.09 bits per heavy atom. The van der Waals surface area contributed by atoms with Gasteiger partial charge in [-0.05, 0) is 80.0 Å². The third-order valence-corrected chi connectivity index (χ3v) is 8.09. The molecule has 9 heteroatoms. The smallest absolute Gasteiger partial charge is 0.382 e. The Balaban J connectivity index is 1.31. The Labute approximate surface area is 198 Å². The summed E-state index contributed by atoms with van der Waals surface area (Å²) >= 11 is 0. The van der Waals surface area contributed by atoms with Gasteiger partial charge in [0.15, 0.2) is 0 Å². The summed E-state index contributed by atoms with van der Waals surface area (Å²) < 4.78 is 41.6. The number of fused-ring (bicyclic) bond motifs is 4. The number of alkyl halides is 3. The summed E-state index contributed by atoms with van der Waals surface area (Å²) in [6.45, 7) is 0. The molecule has 0 spiro atoms. The quantitative estimate of drug-likeness (QED) is 0.442. The summed E-state index contributed by atoms with van der Waals surface area (Å²) in [5.41, 5.74) is 8.96. The Morgan fingerprint density at radius 3 is 2.60 bits per heavy atom. The molecule has 178 valence electrons. The van der Waals surface area contributed by atoms with Gasteiger partial charge in [-0.25, -0.2) is 9.97 Å². The molecule has 1 unspecified atom stereocenters. The number of benzene rings is 1. The molecule has 2 N–H and O–H groups in total. The first-order chi connectivity index (χ1) is 16.7. The molecule has 2 bridgehead atoms. The zero-order chi connectivity index (χ0) is 24.1. The summed E-state index contributed by atoms with van der Waals surface area (Å²) in [6.07, 6.45) is 1.26. The molecule has 1 amide bonds. The first-order valence-corrected chi connectivity index (χ1v) is 11.8. The maximum atomic E-state index is 14.1. The summed E-state index contributed by atoms with van der Waals surface area (Å²) in [5, 5.41) is 0. The Morgan fingerprint density at radius 2 is 1.89 bits per heavy atom. The van der Waals surface area contributed by atoms with E-state index < -0.39 is 11.9 Å². The second kappa shape index (κ2) is 6.74. The van der Waals surface area contributed by atoms with Crippen LogP contribution in [0.1, 0.15) is 59.0 Å². The number of carbonyl (C=O) groups excluding carboxylic acids is 1. The Hall–Kier alpha value is -3.62. The van der Waals surface area contributed by atoms with Gasteiger partial charge < -0.3 is 15.0 Å². The average Bonchev–Trinajstić information content (AvgIpc) is 3.41. The number of rotatable bonds is 3. The van der Waals surface area contributed by atoms with Crippen LogP contribution in [0.5, 0.6) is 0 Å². The molecule has 3 saturated carbocycles. The van der Waals surface area contributed by atoms with Gasteiger partial charge in [0.25, 0.3) is 5.91 Å². The lowest BCUT2D eigenvalue weighted by Crippen LogP contribution is -2.69. The van der Waals surface area contributed by atoms with Crippen molar-refractivity contribution in [3.8, 4) is 0 Å². The molecule has 1 atom stereocenters. The van der Waals surface area contributed by atoms with E-state index in [1.807, 2.05) is 33.7 Å². The minimum atomic E-state index is -4.48. The van der Waals surface area contributed by atoms with Crippen molar-refractivity contribution in [3.63, 3.8) is 0 Å². The van der Waals surface area contributed by atoms with Crippen LogP contribution in [0.2, 0.25) is 0 Å². The molecule has 1 aromatic carbocycles. The fourth-order valence-corrected chi connectivity index (χ4v) is 6.36. The van der Waals surface area contributed by atoms with E-state index in [1.165, 1.54) is 6.07 Å². The number of nitrogens with zero attached hydrogens (tertiary/aromatic N) is 4. The highest BCUT2D eigenvalue weighted by Gasteiger charge is 2.63. The Kier molecular flexibility index (Phi) is 3.99. The molecule has 4 aromatic rings. The number of pyridine rings is 1. The molecular formula is C26H22F3N5O. The van der Waals surface area contributed by atoms with E-state index in [0.717, 1.165) is 41.9 Å². The number of carbonyl (C=O) groups is 1. The third-order valence-electron chi connectivity index (χ3n) is 8.09. The van der Waals surface area contributed by atoms with Crippen LogP contribution in [0.3, 0.4) is 0 Å². The van der Waals surface area contributed by atoms with Crippen LogP contribution in [0.15, 0.2) is 48.7 Å². The minimum absolute atomic E-state index is 0.0973. The van der Waals surface area contributed by atoms with Gasteiger partial charge in [0.1, 0.15) is 11.5 Å². The van der Waals surface area contributed by atoms with Gasteiger partial charge >= 0.3 is 6.18 Å². The van der Waals surface area contributed by atoms with Crippen molar-refractivity contribution in [1.29, 1.82) is 0 Å². The monoisotopic (exact) mass is 477 g/mol. The predicted octanol–water partition coefficient (Wildman–Crippen LogP) is 5.17. The molecule has 3 heterocycles. The number of halogens is 3. The van der Waals surface area contributed by atoms with Gasteiger partial charge in [-0.3, -0.25) is 4.79 Å². The van der Waals surface area contributed by atoms with Gasteiger partial charge in [0, 0.05) is 23.0 Å². The van der Waals surface area contributed by atoms with Crippen molar-refractivity contribution in [2.24, 2.45) is 5.92 Å². The molecule has 4 aliphatic rings. The second-order valence-electron chi connectivity index (χ2n) is 10.1. The van der Waals surface area contributed by atoms with Gasteiger partial charge in [0.05, 0.1) is 22.6 Å². The average molecular weight is 477 g/mol. The van der Waals surface area contributed by atoms with Crippen LogP contribution in [0.25, 0.3) is 16.6 Å². The van der Waals surface area contributed by atoms with E-state index >= 15 is 0 Å². The number of aryl methyl sites for hydroxylation is 1. The van der Waals surface area contributed by atoms with E-state index in [2.05, 4.69) is 9.97 Å². The van der Waals surface area contributed by atoms with Gasteiger partial charge in [-0.2, -0.15) is 13.2 Å². The van der Waals surface area contributed by atoms with Crippen molar-refractivity contribution in [2.45, 2.75) is 49.9 Å². The predicted molar refractivity (Wildman–Crippen MR) is 124 cm³/mol. The van der Waals surface area contributed by atoms with Crippen molar-refractivity contribution in [2.75, 3.05) is 5.73 Å². The van der Waals surface area contributed by atoms with E-state index in [-0.39, 0.29) is 17.5 Å². The number of nitrogen functional groups attached to an aromatic ring is 1. The number of anilines is 1. The van der Waals surface area contributed by atoms with Crippen LogP contribution < -0.4 is 5.73 Å². The van der Waals surface area contributed by atoms with E-state index in [9.17, 15) is 18.0 Å². The number of aromatic nitrogens is 3. The van der Waals surface area contributed by atoms with Crippen LogP contribution >= 0.6 is 0 Å². The zero-order valence-corrected chi connectivity index (χ0v) is 18.7. The molecule has 8 rings (SSSR count). The molecule has 3 fully saturated rings. The van der Waals surface area contributed by atoms with Gasteiger partial charge in [-0.15, -0.1) is 0 Å². The van der Waals surface area contributed by atoms with Crippen LogP contribution in [-0.4, -0.2) is 30.7 Å². The van der Waals surface area contributed by atoms with Crippen LogP contribution in [0.4, 0.5) is 19.0 Å². The molecule has 0 radical (unpaired) electrons. The topological polar surface area (TPSA) is 76.5 Å². The summed E-state index contributed by atoms with van der Waals surface area (Å²) in [7, 11) is 0. The van der Waals surface area contributed by atoms with Crippen LogP contribution in [0, 0.1) is 5.92 Å². The van der Waals surface area contributed by atoms with Gasteiger partial charge in [0.2, 0.25) is 0 Å².